The standard InChI is InChI=1S/C30H47OP/c1-20(2)23-13-15-24(16-14-23)27-26(21(3)4)12-11-17-30(27,22(5)6)32-28(7,8)18-25(31)19-29(32,9)10/h11-16,20-22,25,31H,17-19H2,1-10H3. The van der Waals surface area contributed by atoms with Crippen LogP contribution in [-0.2, 0) is 0 Å². The minimum Gasteiger partial charge on any atom is -0.393 e. The summed E-state index contributed by atoms with van der Waals surface area (Å²) in [5.74, 6) is 1.56. The maximum Gasteiger partial charge on any atom is 0.0557 e. The van der Waals surface area contributed by atoms with Crippen molar-refractivity contribution in [3.8, 4) is 0 Å². The molecule has 0 radical (unpaired) electrons. The van der Waals surface area contributed by atoms with Gasteiger partial charge in [-0.25, -0.2) is 0 Å². The van der Waals surface area contributed by atoms with Crippen LogP contribution >= 0.6 is 7.92 Å². The van der Waals surface area contributed by atoms with Crippen LogP contribution in [0.15, 0.2) is 42.0 Å². The fraction of sp³-hybridized carbons (Fsp3) is 0.667. The number of hydrogen-bond donors (Lipinski definition) is 1. The van der Waals surface area contributed by atoms with Crippen LogP contribution in [0.4, 0.5) is 0 Å². The second-order valence-electron chi connectivity index (χ2n) is 12.5. The zero-order valence-electron chi connectivity index (χ0n) is 22.3. The molecule has 1 unspecified atom stereocenters. The summed E-state index contributed by atoms with van der Waals surface area (Å²) in [6.45, 7) is 23.9. The van der Waals surface area contributed by atoms with E-state index < -0.39 is 7.92 Å². The first-order valence-corrected chi connectivity index (χ1v) is 14.1. The van der Waals surface area contributed by atoms with Crippen molar-refractivity contribution in [1.82, 2.24) is 0 Å². The molecule has 1 N–H and O–H groups in total. The molecule has 0 aromatic heterocycles. The molecule has 3 rings (SSSR count). The van der Waals surface area contributed by atoms with Gasteiger partial charge in [0.05, 0.1) is 6.10 Å². The fourth-order valence-corrected chi connectivity index (χ4v) is 12.9. The van der Waals surface area contributed by atoms with E-state index in [1.165, 1.54) is 16.7 Å². The fourth-order valence-electron chi connectivity index (χ4n) is 7.03. The van der Waals surface area contributed by atoms with Crippen molar-refractivity contribution in [2.75, 3.05) is 0 Å². The minimum absolute atomic E-state index is 0.107. The maximum atomic E-state index is 10.8. The molecule has 1 saturated heterocycles. The summed E-state index contributed by atoms with van der Waals surface area (Å²) in [6, 6.07) is 9.50. The Bertz CT molecular complexity index is 851. The second-order valence-corrected chi connectivity index (χ2v) is 16.4. The van der Waals surface area contributed by atoms with Crippen LogP contribution in [0.5, 0.6) is 0 Å². The van der Waals surface area contributed by atoms with Gasteiger partial charge in [-0.15, -0.1) is 0 Å². The Labute approximate surface area is 199 Å². The van der Waals surface area contributed by atoms with Gasteiger partial charge in [-0.1, -0.05) is 114 Å². The van der Waals surface area contributed by atoms with Gasteiger partial charge in [0.1, 0.15) is 0 Å². The Hall–Kier alpha value is -0.910. The van der Waals surface area contributed by atoms with E-state index in [-0.39, 0.29) is 21.6 Å². The van der Waals surface area contributed by atoms with Crippen LogP contribution in [0.1, 0.15) is 106 Å². The van der Waals surface area contributed by atoms with E-state index in [9.17, 15) is 5.11 Å². The lowest BCUT2D eigenvalue weighted by atomic mass is 9.73. The van der Waals surface area contributed by atoms with E-state index in [2.05, 4.69) is 106 Å². The monoisotopic (exact) mass is 454 g/mol. The van der Waals surface area contributed by atoms with E-state index in [0.29, 0.717) is 17.8 Å². The molecule has 1 aromatic carbocycles. The quantitative estimate of drug-likeness (QED) is 0.441. The van der Waals surface area contributed by atoms with Crippen LogP contribution < -0.4 is 0 Å². The molecule has 0 amide bonds. The van der Waals surface area contributed by atoms with Gasteiger partial charge in [0, 0.05) is 5.16 Å². The van der Waals surface area contributed by atoms with Crippen LogP contribution in [-0.4, -0.2) is 26.7 Å². The Morgan fingerprint density at radius 2 is 1.38 bits per heavy atom. The molecular formula is C30H47OP. The molecule has 1 aliphatic heterocycles. The molecule has 1 fully saturated rings. The largest absolute Gasteiger partial charge is 0.393 e. The van der Waals surface area contributed by atoms with Crippen LogP contribution in [0.2, 0.25) is 0 Å². The zero-order chi connectivity index (χ0) is 24.1. The van der Waals surface area contributed by atoms with Crippen molar-refractivity contribution in [2.45, 2.75) is 116 Å². The Morgan fingerprint density at radius 1 is 0.844 bits per heavy atom. The third-order valence-electron chi connectivity index (χ3n) is 7.97. The second kappa shape index (κ2) is 9.03. The van der Waals surface area contributed by atoms with Crippen molar-refractivity contribution in [3.05, 3.63) is 53.1 Å². The first-order chi connectivity index (χ1) is 14.7. The first kappa shape index (κ1) is 25.7. The average Bonchev–Trinajstić information content (AvgIpc) is 2.65. The Morgan fingerprint density at radius 3 is 1.81 bits per heavy atom. The van der Waals surface area contributed by atoms with Crippen molar-refractivity contribution >= 4 is 13.5 Å². The Kier molecular flexibility index (Phi) is 7.26. The highest BCUT2D eigenvalue weighted by Crippen LogP contribution is 2.78. The van der Waals surface area contributed by atoms with Crippen molar-refractivity contribution in [3.63, 3.8) is 0 Å². The van der Waals surface area contributed by atoms with E-state index in [1.54, 1.807) is 5.57 Å². The van der Waals surface area contributed by atoms with Crippen molar-refractivity contribution in [2.24, 2.45) is 11.8 Å². The number of benzene rings is 1. The summed E-state index contributed by atoms with van der Waals surface area (Å²) < 4.78 is 0. The van der Waals surface area contributed by atoms with E-state index in [4.69, 9.17) is 0 Å². The van der Waals surface area contributed by atoms with Crippen molar-refractivity contribution in [1.29, 1.82) is 0 Å². The van der Waals surface area contributed by atoms with Crippen LogP contribution in [0.25, 0.3) is 5.57 Å². The lowest BCUT2D eigenvalue weighted by Crippen LogP contribution is -2.52. The molecule has 32 heavy (non-hydrogen) atoms. The van der Waals surface area contributed by atoms with E-state index in [1.807, 2.05) is 0 Å². The Balaban J connectivity index is 2.33. The number of aliphatic hydroxyl groups is 1. The van der Waals surface area contributed by atoms with Crippen LogP contribution in [0.3, 0.4) is 0 Å². The lowest BCUT2D eigenvalue weighted by Gasteiger charge is -2.63. The summed E-state index contributed by atoms with van der Waals surface area (Å²) in [5, 5.41) is 11.2. The molecule has 1 atom stereocenters. The molecule has 2 aliphatic rings. The molecule has 1 aromatic rings. The molecular weight excluding hydrogens is 407 g/mol. The minimum atomic E-state index is -0.430. The van der Waals surface area contributed by atoms with E-state index in [0.717, 1.165) is 19.3 Å². The molecule has 0 bridgehead atoms. The summed E-state index contributed by atoms with van der Waals surface area (Å²) in [6.07, 6.45) is 7.64. The van der Waals surface area contributed by atoms with Gasteiger partial charge in [0.2, 0.25) is 0 Å². The molecule has 0 saturated carbocycles. The summed E-state index contributed by atoms with van der Waals surface area (Å²) >= 11 is 0. The molecule has 1 heterocycles. The lowest BCUT2D eigenvalue weighted by molar-refractivity contribution is 0.122. The highest BCUT2D eigenvalue weighted by molar-refractivity contribution is 7.63. The van der Waals surface area contributed by atoms with Gasteiger partial charge >= 0.3 is 0 Å². The maximum absolute atomic E-state index is 10.8. The van der Waals surface area contributed by atoms with Gasteiger partial charge in [0.15, 0.2) is 0 Å². The third kappa shape index (κ3) is 4.42. The SMILES string of the molecule is CC(C)C1=C(c2ccc(C(C)C)cc2)C(C(C)C)(P2C(C)(C)CC(O)CC2(C)C)CC=C1. The van der Waals surface area contributed by atoms with Gasteiger partial charge < -0.3 is 5.11 Å². The topological polar surface area (TPSA) is 20.2 Å². The van der Waals surface area contributed by atoms with Crippen LogP contribution in [0, 0.1) is 11.8 Å². The smallest absolute Gasteiger partial charge is 0.0557 e. The predicted molar refractivity (Wildman–Crippen MR) is 144 cm³/mol. The van der Waals surface area contributed by atoms with Gasteiger partial charge in [-0.2, -0.15) is 0 Å². The molecule has 2 heteroatoms. The highest BCUT2D eigenvalue weighted by Gasteiger charge is 2.59. The van der Waals surface area contributed by atoms with Gasteiger partial charge in [0.25, 0.3) is 0 Å². The summed E-state index contributed by atoms with van der Waals surface area (Å²) in [7, 11) is -0.430. The van der Waals surface area contributed by atoms with Crippen molar-refractivity contribution < 1.29 is 5.11 Å². The summed E-state index contributed by atoms with van der Waals surface area (Å²) in [4.78, 5) is 0. The number of hydrogen-bond acceptors (Lipinski definition) is 1. The third-order valence-corrected chi connectivity index (χ3v) is 12.5. The van der Waals surface area contributed by atoms with Gasteiger partial charge in [-0.3, -0.25) is 0 Å². The first-order valence-electron chi connectivity index (χ1n) is 12.7. The molecule has 178 valence electrons. The molecule has 1 aliphatic carbocycles. The zero-order valence-corrected chi connectivity index (χ0v) is 23.2. The number of rotatable bonds is 5. The normalized spacial score (nSPS) is 29.9. The highest BCUT2D eigenvalue weighted by atomic mass is 31.1. The summed E-state index contributed by atoms with van der Waals surface area (Å²) in [5.41, 5.74) is 5.94. The molecule has 0 spiro atoms. The average molecular weight is 455 g/mol. The molecule has 1 nitrogen and oxygen atoms in total. The number of aliphatic hydroxyl groups excluding tert-OH is 1. The van der Waals surface area contributed by atoms with Gasteiger partial charge in [-0.05, 0) is 69.6 Å². The predicted octanol–water partition coefficient (Wildman–Crippen LogP) is 8.77. The van der Waals surface area contributed by atoms with E-state index >= 15 is 0 Å². The number of allylic oxidation sites excluding steroid dienone is 4.